The van der Waals surface area contributed by atoms with Gasteiger partial charge in [0.05, 0.1) is 11.3 Å². The van der Waals surface area contributed by atoms with Crippen LogP contribution in [0.3, 0.4) is 0 Å². The van der Waals surface area contributed by atoms with E-state index < -0.39 is 17.3 Å². The van der Waals surface area contributed by atoms with Crippen LogP contribution in [-0.2, 0) is 6.18 Å². The number of aliphatic imine (C=N–C) groups is 1. The van der Waals surface area contributed by atoms with E-state index in [4.69, 9.17) is 0 Å². The van der Waals surface area contributed by atoms with Gasteiger partial charge < -0.3 is 10.0 Å². The Hall–Kier alpha value is -1.08. The Morgan fingerprint density at radius 3 is 2.20 bits per heavy atom. The molecule has 20 heavy (non-hydrogen) atoms. The van der Waals surface area contributed by atoms with Crippen molar-refractivity contribution in [2.45, 2.75) is 25.6 Å². The van der Waals surface area contributed by atoms with E-state index in [1.807, 2.05) is 0 Å². The number of likely N-dealkylation sites (N-methyl/N-ethyl adjacent to an activating group) is 1. The zero-order valence-corrected chi connectivity index (χ0v) is 13.2. The molecule has 1 aromatic carbocycles. The molecule has 112 valence electrons. The number of nitrogens with zero attached hydrogens (tertiary/aromatic N) is 2. The summed E-state index contributed by atoms with van der Waals surface area (Å²) in [6.45, 7) is 3.05. The lowest BCUT2D eigenvalue weighted by molar-refractivity contribution is -0.138. The number of alkyl halides is 3. The van der Waals surface area contributed by atoms with Crippen molar-refractivity contribution in [3.63, 3.8) is 0 Å². The number of aliphatic hydroxyl groups is 1. The van der Waals surface area contributed by atoms with Crippen molar-refractivity contribution in [2.24, 2.45) is 4.99 Å². The monoisotopic (exact) mass is 352 g/mol. The van der Waals surface area contributed by atoms with Gasteiger partial charge in [0, 0.05) is 18.6 Å². The van der Waals surface area contributed by atoms with Gasteiger partial charge >= 0.3 is 6.18 Å². The number of amidine groups is 1. The molecule has 0 amide bonds. The molecule has 0 aromatic heterocycles. The summed E-state index contributed by atoms with van der Waals surface area (Å²) < 4.78 is 38.4. The maximum absolute atomic E-state index is 12.8. The number of hydrogen-bond donors (Lipinski definition) is 1. The first kappa shape index (κ1) is 17.0. The van der Waals surface area contributed by atoms with Gasteiger partial charge in [0.25, 0.3) is 0 Å². The average Bonchev–Trinajstić information content (AvgIpc) is 2.24. The molecule has 0 saturated carbocycles. The molecule has 0 aliphatic carbocycles. The molecule has 0 radical (unpaired) electrons. The maximum Gasteiger partial charge on any atom is 0.417 e. The fraction of sp³-hybridized carbons (Fsp3) is 0.462. The van der Waals surface area contributed by atoms with Crippen molar-refractivity contribution >= 4 is 27.5 Å². The lowest BCUT2D eigenvalue weighted by Gasteiger charge is -2.26. The lowest BCUT2D eigenvalue weighted by Crippen LogP contribution is -2.41. The molecule has 0 aliphatic rings. The highest BCUT2D eigenvalue weighted by molar-refractivity contribution is 9.10. The molecule has 0 bridgehead atoms. The predicted molar refractivity (Wildman–Crippen MR) is 76.2 cm³/mol. The van der Waals surface area contributed by atoms with Crippen molar-refractivity contribution < 1.29 is 18.3 Å². The van der Waals surface area contributed by atoms with E-state index in [0.29, 0.717) is 0 Å². The Bertz CT molecular complexity index is 519. The van der Waals surface area contributed by atoms with Crippen LogP contribution >= 0.6 is 15.9 Å². The van der Waals surface area contributed by atoms with Crippen molar-refractivity contribution in [2.75, 3.05) is 14.1 Å². The molecule has 1 rings (SSSR count). The standard InChI is InChI=1S/C13H16BrF3N2O/c1-12(2,20)11(19(3)4)18-8-5-6-10(14)9(7-8)13(15,16)17/h5-7,20H,1-4H3. The van der Waals surface area contributed by atoms with Gasteiger partial charge in [-0.2, -0.15) is 13.2 Å². The summed E-state index contributed by atoms with van der Waals surface area (Å²) in [7, 11) is 3.33. The van der Waals surface area contributed by atoms with Crippen LogP contribution in [-0.4, -0.2) is 35.5 Å². The molecule has 0 saturated heterocycles. The topological polar surface area (TPSA) is 35.8 Å². The second-order valence-corrected chi connectivity index (χ2v) is 5.91. The van der Waals surface area contributed by atoms with Gasteiger partial charge in [-0.05, 0) is 32.0 Å². The van der Waals surface area contributed by atoms with Crippen LogP contribution in [0.5, 0.6) is 0 Å². The summed E-state index contributed by atoms with van der Waals surface area (Å²) >= 11 is 2.87. The van der Waals surface area contributed by atoms with E-state index in [0.717, 1.165) is 6.07 Å². The Balaban J connectivity index is 3.34. The van der Waals surface area contributed by atoms with Crippen LogP contribution in [0.15, 0.2) is 27.7 Å². The zero-order chi connectivity index (χ0) is 15.7. The molecule has 0 atom stereocenters. The quantitative estimate of drug-likeness (QED) is 0.648. The number of halogens is 4. The molecular formula is C13H16BrF3N2O. The zero-order valence-electron chi connectivity index (χ0n) is 11.6. The van der Waals surface area contributed by atoms with Crippen molar-refractivity contribution in [3.05, 3.63) is 28.2 Å². The van der Waals surface area contributed by atoms with Crippen molar-refractivity contribution in [1.82, 2.24) is 4.90 Å². The van der Waals surface area contributed by atoms with E-state index in [9.17, 15) is 18.3 Å². The Kier molecular flexibility index (Phi) is 4.86. The third kappa shape index (κ3) is 4.21. The van der Waals surface area contributed by atoms with Gasteiger partial charge in [0.2, 0.25) is 0 Å². The van der Waals surface area contributed by atoms with Crippen LogP contribution in [0.25, 0.3) is 0 Å². The number of hydrogen-bond acceptors (Lipinski definition) is 2. The van der Waals surface area contributed by atoms with E-state index >= 15 is 0 Å². The summed E-state index contributed by atoms with van der Waals surface area (Å²) in [6.07, 6.45) is -4.46. The molecule has 0 unspecified atom stereocenters. The predicted octanol–water partition coefficient (Wildman–Crippen LogP) is 3.83. The summed E-state index contributed by atoms with van der Waals surface area (Å²) in [5.74, 6) is 0.271. The van der Waals surface area contributed by atoms with Crippen molar-refractivity contribution in [1.29, 1.82) is 0 Å². The van der Waals surface area contributed by atoms with Gasteiger partial charge in [-0.1, -0.05) is 15.9 Å². The molecule has 3 nitrogen and oxygen atoms in total. The van der Waals surface area contributed by atoms with E-state index in [1.54, 1.807) is 19.0 Å². The Labute approximate surface area is 124 Å². The minimum absolute atomic E-state index is 0.0430. The van der Waals surface area contributed by atoms with Gasteiger partial charge in [-0.3, -0.25) is 0 Å². The smallest absolute Gasteiger partial charge is 0.383 e. The molecule has 1 N–H and O–H groups in total. The minimum atomic E-state index is -4.46. The lowest BCUT2D eigenvalue weighted by atomic mass is 10.1. The molecule has 1 aromatic rings. The first-order valence-corrected chi connectivity index (χ1v) is 6.58. The van der Waals surface area contributed by atoms with E-state index in [-0.39, 0.29) is 16.0 Å². The molecule has 0 heterocycles. The summed E-state index contributed by atoms with van der Waals surface area (Å²) in [6, 6.07) is 3.69. The summed E-state index contributed by atoms with van der Waals surface area (Å²) in [4.78, 5) is 5.68. The molecular weight excluding hydrogens is 337 g/mol. The van der Waals surface area contributed by atoms with Crippen LogP contribution in [0.4, 0.5) is 18.9 Å². The van der Waals surface area contributed by atoms with Gasteiger partial charge in [-0.15, -0.1) is 0 Å². The fourth-order valence-corrected chi connectivity index (χ4v) is 2.18. The Morgan fingerprint density at radius 1 is 1.25 bits per heavy atom. The molecule has 0 spiro atoms. The second kappa shape index (κ2) is 5.73. The first-order chi connectivity index (χ1) is 8.93. The van der Waals surface area contributed by atoms with Crippen LogP contribution in [0, 0.1) is 0 Å². The molecule has 0 aliphatic heterocycles. The van der Waals surface area contributed by atoms with Gasteiger partial charge in [0.15, 0.2) is 0 Å². The van der Waals surface area contributed by atoms with E-state index in [1.165, 1.54) is 26.0 Å². The van der Waals surface area contributed by atoms with Crippen LogP contribution < -0.4 is 0 Å². The van der Waals surface area contributed by atoms with Crippen LogP contribution in [0.1, 0.15) is 19.4 Å². The highest BCUT2D eigenvalue weighted by Crippen LogP contribution is 2.37. The normalized spacial score (nSPS) is 13.6. The second-order valence-electron chi connectivity index (χ2n) is 5.05. The number of rotatable bonds is 2. The largest absolute Gasteiger partial charge is 0.417 e. The highest BCUT2D eigenvalue weighted by Gasteiger charge is 2.33. The fourth-order valence-electron chi connectivity index (χ4n) is 1.71. The average molecular weight is 353 g/mol. The van der Waals surface area contributed by atoms with Crippen LogP contribution in [0.2, 0.25) is 0 Å². The SMILES string of the molecule is CN(C)C(=Nc1ccc(Br)c(C(F)(F)F)c1)C(C)(C)O. The maximum atomic E-state index is 12.8. The summed E-state index contributed by atoms with van der Waals surface area (Å²) in [5, 5.41) is 9.99. The Morgan fingerprint density at radius 2 is 1.80 bits per heavy atom. The van der Waals surface area contributed by atoms with Crippen molar-refractivity contribution in [3.8, 4) is 0 Å². The first-order valence-electron chi connectivity index (χ1n) is 5.78. The minimum Gasteiger partial charge on any atom is -0.383 e. The highest BCUT2D eigenvalue weighted by atomic mass is 79.9. The van der Waals surface area contributed by atoms with Gasteiger partial charge in [0.1, 0.15) is 11.4 Å². The third-order valence-corrected chi connectivity index (χ3v) is 3.15. The van der Waals surface area contributed by atoms with Gasteiger partial charge in [-0.25, -0.2) is 4.99 Å². The van der Waals surface area contributed by atoms with E-state index in [2.05, 4.69) is 20.9 Å². The number of benzene rings is 1. The summed E-state index contributed by atoms with van der Waals surface area (Å²) in [5.41, 5.74) is -1.92. The third-order valence-electron chi connectivity index (χ3n) is 2.46. The molecule has 0 fully saturated rings. The molecule has 7 heteroatoms.